The summed E-state index contributed by atoms with van der Waals surface area (Å²) in [5, 5.41) is 0.234. The van der Waals surface area contributed by atoms with Crippen LogP contribution in [0.3, 0.4) is 0 Å². The number of nitrogens with two attached hydrogens (primary N) is 1. The first kappa shape index (κ1) is 11.0. The molecule has 0 bridgehead atoms. The van der Waals surface area contributed by atoms with Crippen LogP contribution in [-0.2, 0) is 11.3 Å². The molecule has 0 spiro atoms. The molecule has 1 aromatic carbocycles. The molecule has 0 aliphatic carbocycles. The van der Waals surface area contributed by atoms with Gasteiger partial charge in [-0.05, 0) is 18.2 Å². The number of nitrogens with one attached hydrogen (secondary N) is 1. The summed E-state index contributed by atoms with van der Waals surface area (Å²) in [5.41, 5.74) is 5.41. The largest absolute Gasteiger partial charge is 0.366 e. The molecule has 0 saturated carbocycles. The van der Waals surface area contributed by atoms with Crippen LogP contribution >= 0.6 is 11.6 Å². The molecule has 1 atom stereocenters. The van der Waals surface area contributed by atoms with Crippen molar-refractivity contribution in [2.24, 2.45) is 5.73 Å². The van der Waals surface area contributed by atoms with E-state index in [1.807, 2.05) is 0 Å². The second kappa shape index (κ2) is 4.41. The van der Waals surface area contributed by atoms with Crippen LogP contribution in [0.25, 0.3) is 0 Å². The standard InChI is InChI=1S/C7H7ClN2O3S/c8-5-2-1-4(7(9)11)3-6(5)10-14(12)13/h1-3,10H,(H2,9,11)(H,12,13). The maximum atomic E-state index is 10.8. The van der Waals surface area contributed by atoms with E-state index in [1.54, 1.807) is 0 Å². The molecule has 0 heterocycles. The summed E-state index contributed by atoms with van der Waals surface area (Å²) in [6.45, 7) is 0. The lowest BCUT2D eigenvalue weighted by Gasteiger charge is -2.05. The van der Waals surface area contributed by atoms with Crippen LogP contribution in [0.4, 0.5) is 5.69 Å². The molecular weight excluding hydrogens is 228 g/mol. The second-order valence-electron chi connectivity index (χ2n) is 2.41. The van der Waals surface area contributed by atoms with Crippen LogP contribution in [0.1, 0.15) is 10.4 Å². The van der Waals surface area contributed by atoms with Crippen LogP contribution in [0.5, 0.6) is 0 Å². The Bertz CT molecular complexity index is 397. The summed E-state index contributed by atoms with van der Waals surface area (Å²) in [4.78, 5) is 10.8. The fraction of sp³-hybridized carbons (Fsp3) is 0. The molecule has 14 heavy (non-hydrogen) atoms. The highest BCUT2D eigenvalue weighted by Crippen LogP contribution is 2.22. The summed E-state index contributed by atoms with van der Waals surface area (Å²) < 4.78 is 21.1. The molecule has 1 aromatic rings. The highest BCUT2D eigenvalue weighted by atomic mass is 35.5. The molecule has 1 rings (SSSR count). The first-order valence-electron chi connectivity index (χ1n) is 3.47. The van der Waals surface area contributed by atoms with Gasteiger partial charge in [-0.25, -0.2) is 4.21 Å². The zero-order valence-corrected chi connectivity index (χ0v) is 8.43. The van der Waals surface area contributed by atoms with Crippen molar-refractivity contribution in [1.29, 1.82) is 0 Å². The third-order valence-electron chi connectivity index (χ3n) is 1.45. The highest BCUT2D eigenvalue weighted by molar-refractivity contribution is 7.80. The number of amides is 1. The predicted molar refractivity (Wildman–Crippen MR) is 54.4 cm³/mol. The normalized spacial score (nSPS) is 12.1. The molecule has 1 amide bonds. The second-order valence-corrected chi connectivity index (χ2v) is 3.52. The number of rotatable bonds is 3. The van der Waals surface area contributed by atoms with E-state index in [-0.39, 0.29) is 16.3 Å². The minimum atomic E-state index is -2.23. The average molecular weight is 235 g/mol. The Morgan fingerprint density at radius 2 is 2.21 bits per heavy atom. The van der Waals surface area contributed by atoms with Crippen molar-refractivity contribution in [3.8, 4) is 0 Å². The Kier molecular flexibility index (Phi) is 3.45. The fourth-order valence-corrected chi connectivity index (χ4v) is 1.43. The third-order valence-corrected chi connectivity index (χ3v) is 2.17. The number of hydrogen-bond donors (Lipinski definition) is 3. The molecule has 0 saturated heterocycles. The van der Waals surface area contributed by atoms with Gasteiger partial charge in [0, 0.05) is 5.56 Å². The van der Waals surface area contributed by atoms with Gasteiger partial charge in [0.15, 0.2) is 0 Å². The monoisotopic (exact) mass is 234 g/mol. The van der Waals surface area contributed by atoms with Gasteiger partial charge in [-0.15, -0.1) is 0 Å². The Morgan fingerprint density at radius 1 is 1.57 bits per heavy atom. The van der Waals surface area contributed by atoms with Gasteiger partial charge in [0.2, 0.25) is 5.91 Å². The van der Waals surface area contributed by atoms with Crippen molar-refractivity contribution >= 4 is 34.5 Å². The molecule has 76 valence electrons. The van der Waals surface area contributed by atoms with Crippen LogP contribution in [0.2, 0.25) is 5.02 Å². The van der Waals surface area contributed by atoms with Gasteiger partial charge in [-0.1, -0.05) is 11.6 Å². The number of halogens is 1. The Morgan fingerprint density at radius 3 is 2.71 bits per heavy atom. The third kappa shape index (κ3) is 2.69. The van der Waals surface area contributed by atoms with Gasteiger partial charge in [-0.2, -0.15) is 0 Å². The molecule has 1 unspecified atom stereocenters. The topological polar surface area (TPSA) is 92.4 Å². The van der Waals surface area contributed by atoms with Gasteiger partial charge in [0.1, 0.15) is 0 Å². The van der Waals surface area contributed by atoms with Crippen LogP contribution in [0, 0.1) is 0 Å². The van der Waals surface area contributed by atoms with E-state index >= 15 is 0 Å². The smallest absolute Gasteiger partial charge is 0.259 e. The maximum absolute atomic E-state index is 10.8. The summed E-state index contributed by atoms with van der Waals surface area (Å²) in [7, 11) is 0. The lowest BCUT2D eigenvalue weighted by Crippen LogP contribution is -2.11. The van der Waals surface area contributed by atoms with Gasteiger partial charge < -0.3 is 5.73 Å². The zero-order valence-electron chi connectivity index (χ0n) is 6.86. The van der Waals surface area contributed by atoms with Gasteiger partial charge in [-0.3, -0.25) is 14.1 Å². The van der Waals surface area contributed by atoms with Gasteiger partial charge in [0.25, 0.3) is 11.3 Å². The molecule has 0 aliphatic heterocycles. The Hall–Kier alpha value is -1.11. The molecule has 5 nitrogen and oxygen atoms in total. The molecule has 0 aromatic heterocycles. The summed E-state index contributed by atoms with van der Waals surface area (Å²) in [6.07, 6.45) is 0. The Balaban J connectivity index is 3.08. The summed E-state index contributed by atoms with van der Waals surface area (Å²) in [5.74, 6) is -0.631. The van der Waals surface area contributed by atoms with E-state index in [1.165, 1.54) is 18.2 Å². The highest BCUT2D eigenvalue weighted by Gasteiger charge is 2.06. The lowest BCUT2D eigenvalue weighted by molar-refractivity contribution is 0.100. The number of primary amides is 1. The predicted octanol–water partition coefficient (Wildman–Crippen LogP) is 0.988. The van der Waals surface area contributed by atoms with Crippen LogP contribution in [0.15, 0.2) is 18.2 Å². The fourth-order valence-electron chi connectivity index (χ4n) is 0.851. The van der Waals surface area contributed by atoms with Crippen molar-refractivity contribution in [3.05, 3.63) is 28.8 Å². The molecule has 0 radical (unpaired) electrons. The zero-order chi connectivity index (χ0) is 10.7. The van der Waals surface area contributed by atoms with E-state index in [9.17, 15) is 9.00 Å². The lowest BCUT2D eigenvalue weighted by atomic mass is 10.2. The number of hydrogen-bond acceptors (Lipinski definition) is 2. The van der Waals surface area contributed by atoms with E-state index in [2.05, 4.69) is 4.72 Å². The minimum absolute atomic E-state index is 0.184. The first-order valence-corrected chi connectivity index (χ1v) is 4.96. The average Bonchev–Trinajstić information content (AvgIpc) is 2.07. The van der Waals surface area contributed by atoms with E-state index in [4.69, 9.17) is 21.9 Å². The number of carbonyl (C=O) groups is 1. The maximum Gasteiger partial charge on any atom is 0.259 e. The van der Waals surface area contributed by atoms with E-state index in [0.717, 1.165) is 0 Å². The van der Waals surface area contributed by atoms with Crippen molar-refractivity contribution in [2.75, 3.05) is 4.72 Å². The molecule has 7 heteroatoms. The van der Waals surface area contributed by atoms with Gasteiger partial charge >= 0.3 is 0 Å². The number of benzene rings is 1. The number of anilines is 1. The van der Waals surface area contributed by atoms with E-state index in [0.29, 0.717) is 0 Å². The van der Waals surface area contributed by atoms with Crippen LogP contribution in [-0.4, -0.2) is 14.7 Å². The summed E-state index contributed by atoms with van der Waals surface area (Å²) >= 11 is 3.45. The molecule has 0 aliphatic rings. The molecular formula is C7H7ClN2O3S. The SMILES string of the molecule is NC(=O)c1ccc(Cl)c(NS(=O)O)c1. The quantitative estimate of drug-likeness (QED) is 0.681. The first-order chi connectivity index (χ1) is 6.50. The van der Waals surface area contributed by atoms with Crippen molar-refractivity contribution in [2.45, 2.75) is 0 Å². The summed E-state index contributed by atoms with van der Waals surface area (Å²) in [6, 6.07) is 4.14. The van der Waals surface area contributed by atoms with Crippen molar-refractivity contribution in [3.63, 3.8) is 0 Å². The molecule has 0 fully saturated rings. The van der Waals surface area contributed by atoms with E-state index < -0.39 is 17.2 Å². The van der Waals surface area contributed by atoms with Crippen molar-refractivity contribution < 1.29 is 13.6 Å². The minimum Gasteiger partial charge on any atom is -0.366 e. The molecule has 4 N–H and O–H groups in total. The van der Waals surface area contributed by atoms with Crippen molar-refractivity contribution in [1.82, 2.24) is 0 Å². The number of carbonyl (C=O) groups excluding carboxylic acids is 1. The van der Waals surface area contributed by atoms with Gasteiger partial charge in [0.05, 0.1) is 10.7 Å². The Labute approximate surface area is 87.7 Å². The van der Waals surface area contributed by atoms with Crippen LogP contribution < -0.4 is 10.5 Å².